The maximum atomic E-state index is 5.67. The lowest BCUT2D eigenvalue weighted by Gasteiger charge is -2.27. The van der Waals surface area contributed by atoms with Crippen molar-refractivity contribution in [1.82, 2.24) is 19.9 Å². The van der Waals surface area contributed by atoms with Crippen molar-refractivity contribution < 1.29 is 0 Å². The molecule has 0 saturated heterocycles. The third-order valence-corrected chi connectivity index (χ3v) is 3.34. The fourth-order valence-corrected chi connectivity index (χ4v) is 2.63. The first-order chi connectivity index (χ1) is 8.15. The number of nitrogens with two attached hydrogens (primary N) is 1. The van der Waals surface area contributed by atoms with E-state index >= 15 is 0 Å². The second-order valence-corrected chi connectivity index (χ2v) is 5.22. The molecule has 1 saturated carbocycles. The van der Waals surface area contributed by atoms with Crippen LogP contribution >= 0.6 is 12.2 Å². The Balaban J connectivity index is 2.01. The van der Waals surface area contributed by atoms with Gasteiger partial charge in [-0.3, -0.25) is 9.58 Å². The second-order valence-electron chi connectivity index (χ2n) is 4.69. The van der Waals surface area contributed by atoms with Crippen LogP contribution in [0, 0.1) is 0 Å². The number of thiocarbonyl (C=S) groups is 1. The monoisotopic (exact) mass is 253 g/mol. The summed E-state index contributed by atoms with van der Waals surface area (Å²) in [6, 6.07) is 0.596. The summed E-state index contributed by atoms with van der Waals surface area (Å²) in [4.78, 5) is 2.89. The Morgan fingerprint density at radius 1 is 1.59 bits per heavy atom. The SMILES string of the molecule is Cn1cc(CN(CC(N)=S)C2CCCC2)nn1. The van der Waals surface area contributed by atoms with Gasteiger partial charge in [-0.1, -0.05) is 30.3 Å². The van der Waals surface area contributed by atoms with Crippen LogP contribution in [-0.4, -0.2) is 37.5 Å². The van der Waals surface area contributed by atoms with Crippen LogP contribution in [-0.2, 0) is 13.6 Å². The molecule has 1 heterocycles. The molecule has 2 rings (SSSR count). The van der Waals surface area contributed by atoms with Crippen LogP contribution < -0.4 is 5.73 Å². The van der Waals surface area contributed by atoms with Gasteiger partial charge in [0.15, 0.2) is 0 Å². The molecule has 0 atom stereocenters. The van der Waals surface area contributed by atoms with Crippen molar-refractivity contribution in [2.45, 2.75) is 38.3 Å². The number of hydrogen-bond acceptors (Lipinski definition) is 4. The molecule has 1 aromatic heterocycles. The van der Waals surface area contributed by atoms with Crippen LogP contribution in [0.2, 0.25) is 0 Å². The van der Waals surface area contributed by atoms with Crippen LogP contribution in [0.1, 0.15) is 31.4 Å². The van der Waals surface area contributed by atoms with E-state index in [0.29, 0.717) is 17.6 Å². The van der Waals surface area contributed by atoms with Crippen molar-refractivity contribution in [2.75, 3.05) is 6.54 Å². The smallest absolute Gasteiger partial charge is 0.0967 e. The van der Waals surface area contributed by atoms with E-state index in [1.165, 1.54) is 25.7 Å². The molecule has 94 valence electrons. The molecule has 1 aliphatic rings. The minimum absolute atomic E-state index is 0.556. The molecule has 1 aliphatic carbocycles. The van der Waals surface area contributed by atoms with Crippen LogP contribution in [0.15, 0.2) is 6.20 Å². The first-order valence-corrected chi connectivity index (χ1v) is 6.43. The van der Waals surface area contributed by atoms with E-state index in [0.717, 1.165) is 12.2 Å². The minimum atomic E-state index is 0.556. The molecule has 0 aliphatic heterocycles. The maximum absolute atomic E-state index is 5.67. The molecule has 5 nitrogen and oxygen atoms in total. The van der Waals surface area contributed by atoms with E-state index in [1.807, 2.05) is 13.2 Å². The lowest BCUT2D eigenvalue weighted by Crippen LogP contribution is -2.38. The number of aryl methyl sites for hydroxylation is 1. The summed E-state index contributed by atoms with van der Waals surface area (Å²) in [5.41, 5.74) is 6.65. The van der Waals surface area contributed by atoms with Gasteiger partial charge in [0.25, 0.3) is 0 Å². The van der Waals surface area contributed by atoms with E-state index in [1.54, 1.807) is 4.68 Å². The highest BCUT2D eigenvalue weighted by molar-refractivity contribution is 7.80. The van der Waals surface area contributed by atoms with Crippen LogP contribution in [0.4, 0.5) is 0 Å². The van der Waals surface area contributed by atoms with Gasteiger partial charge in [0.1, 0.15) is 0 Å². The van der Waals surface area contributed by atoms with Gasteiger partial charge in [0.05, 0.1) is 10.7 Å². The van der Waals surface area contributed by atoms with E-state index in [4.69, 9.17) is 18.0 Å². The summed E-state index contributed by atoms with van der Waals surface area (Å²) in [5.74, 6) is 0. The summed E-state index contributed by atoms with van der Waals surface area (Å²) in [6.45, 7) is 1.46. The predicted molar refractivity (Wildman–Crippen MR) is 70.5 cm³/mol. The molecule has 0 radical (unpaired) electrons. The molecule has 6 heteroatoms. The Morgan fingerprint density at radius 3 is 2.82 bits per heavy atom. The highest BCUT2D eigenvalue weighted by atomic mass is 32.1. The molecule has 0 unspecified atom stereocenters. The summed E-state index contributed by atoms with van der Waals surface area (Å²) in [5, 5.41) is 8.07. The second kappa shape index (κ2) is 5.55. The van der Waals surface area contributed by atoms with Crippen LogP contribution in [0.25, 0.3) is 0 Å². The zero-order chi connectivity index (χ0) is 12.3. The zero-order valence-corrected chi connectivity index (χ0v) is 11.0. The average Bonchev–Trinajstić information content (AvgIpc) is 2.87. The van der Waals surface area contributed by atoms with Gasteiger partial charge in [0.2, 0.25) is 0 Å². The van der Waals surface area contributed by atoms with E-state index in [9.17, 15) is 0 Å². The summed E-state index contributed by atoms with van der Waals surface area (Å²) in [7, 11) is 1.88. The Hall–Kier alpha value is -1.01. The highest BCUT2D eigenvalue weighted by Crippen LogP contribution is 2.24. The van der Waals surface area contributed by atoms with Crippen molar-refractivity contribution in [2.24, 2.45) is 12.8 Å². The first kappa shape index (κ1) is 12.4. The molecule has 0 aromatic carbocycles. The molecule has 0 amide bonds. The summed E-state index contributed by atoms with van der Waals surface area (Å²) >= 11 is 5.02. The van der Waals surface area contributed by atoms with E-state index in [2.05, 4.69) is 15.2 Å². The van der Waals surface area contributed by atoms with Crippen molar-refractivity contribution in [3.05, 3.63) is 11.9 Å². The van der Waals surface area contributed by atoms with Crippen LogP contribution in [0.5, 0.6) is 0 Å². The summed E-state index contributed by atoms with van der Waals surface area (Å²) in [6.07, 6.45) is 7.03. The fourth-order valence-electron chi connectivity index (χ4n) is 2.46. The van der Waals surface area contributed by atoms with Crippen molar-refractivity contribution in [3.8, 4) is 0 Å². The van der Waals surface area contributed by atoms with Gasteiger partial charge in [0, 0.05) is 32.4 Å². The van der Waals surface area contributed by atoms with Crippen molar-refractivity contribution >= 4 is 17.2 Å². The topological polar surface area (TPSA) is 60.0 Å². The van der Waals surface area contributed by atoms with E-state index < -0.39 is 0 Å². The number of hydrogen-bond donors (Lipinski definition) is 1. The van der Waals surface area contributed by atoms with E-state index in [-0.39, 0.29) is 0 Å². The molecule has 1 fully saturated rings. The van der Waals surface area contributed by atoms with Crippen molar-refractivity contribution in [1.29, 1.82) is 0 Å². The largest absolute Gasteiger partial charge is 0.392 e. The molecular formula is C11H19N5S. The number of rotatable bonds is 5. The van der Waals surface area contributed by atoms with Crippen LogP contribution in [0.3, 0.4) is 0 Å². The van der Waals surface area contributed by atoms with Gasteiger partial charge in [-0.2, -0.15) is 0 Å². The standard InChI is InChI=1S/C11H19N5S/c1-15-6-9(13-14-15)7-16(8-11(12)17)10-4-2-3-5-10/h6,10H,2-5,7-8H2,1H3,(H2,12,17). The Morgan fingerprint density at radius 2 is 2.29 bits per heavy atom. The highest BCUT2D eigenvalue weighted by Gasteiger charge is 2.23. The van der Waals surface area contributed by atoms with Gasteiger partial charge >= 0.3 is 0 Å². The van der Waals surface area contributed by atoms with Gasteiger partial charge < -0.3 is 5.73 Å². The molecule has 1 aromatic rings. The normalized spacial score (nSPS) is 16.8. The maximum Gasteiger partial charge on any atom is 0.0967 e. The Bertz CT molecular complexity index is 383. The number of nitrogens with zero attached hydrogens (tertiary/aromatic N) is 4. The van der Waals surface area contributed by atoms with Gasteiger partial charge in [-0.05, 0) is 12.8 Å². The van der Waals surface area contributed by atoms with Gasteiger partial charge in [-0.25, -0.2) is 0 Å². The molecule has 17 heavy (non-hydrogen) atoms. The minimum Gasteiger partial charge on any atom is -0.392 e. The predicted octanol–water partition coefficient (Wildman–Crippen LogP) is 0.846. The summed E-state index contributed by atoms with van der Waals surface area (Å²) < 4.78 is 1.73. The zero-order valence-electron chi connectivity index (χ0n) is 10.2. The van der Waals surface area contributed by atoms with Gasteiger partial charge in [-0.15, -0.1) is 5.10 Å². The lowest BCUT2D eigenvalue weighted by atomic mass is 10.2. The quantitative estimate of drug-likeness (QED) is 0.788. The average molecular weight is 253 g/mol. The Labute approximate surface area is 107 Å². The third kappa shape index (κ3) is 3.47. The molecule has 0 spiro atoms. The fraction of sp³-hybridized carbons (Fsp3) is 0.727. The first-order valence-electron chi connectivity index (χ1n) is 6.02. The molecular weight excluding hydrogens is 234 g/mol. The third-order valence-electron chi connectivity index (χ3n) is 3.22. The molecule has 2 N–H and O–H groups in total. The van der Waals surface area contributed by atoms with Crippen molar-refractivity contribution in [3.63, 3.8) is 0 Å². The molecule has 0 bridgehead atoms. The lowest BCUT2D eigenvalue weighted by molar-refractivity contribution is 0.216. The number of aromatic nitrogens is 3. The Kier molecular flexibility index (Phi) is 4.06.